The Kier molecular flexibility index (Phi) is 6.77. The summed E-state index contributed by atoms with van der Waals surface area (Å²) in [5.74, 6) is -0.132. The monoisotopic (exact) mass is 513 g/mol. The number of benzene rings is 3. The van der Waals surface area contributed by atoms with E-state index in [0.29, 0.717) is 48.4 Å². The summed E-state index contributed by atoms with van der Waals surface area (Å²) in [6, 6.07) is 17.1. The lowest BCUT2D eigenvalue weighted by atomic mass is 9.69. The van der Waals surface area contributed by atoms with Gasteiger partial charge in [0.05, 0.1) is 0 Å². The Bertz CT molecular complexity index is 1450. The molecule has 38 heavy (non-hydrogen) atoms. The maximum atomic E-state index is 13.5. The van der Waals surface area contributed by atoms with E-state index in [2.05, 4.69) is 20.8 Å². The van der Waals surface area contributed by atoms with E-state index < -0.39 is 5.41 Å². The van der Waals surface area contributed by atoms with Gasteiger partial charge in [0.1, 0.15) is 11.2 Å². The predicted octanol–water partition coefficient (Wildman–Crippen LogP) is 3.38. The Balaban J connectivity index is 1.77. The van der Waals surface area contributed by atoms with Gasteiger partial charge in [0.15, 0.2) is 0 Å². The summed E-state index contributed by atoms with van der Waals surface area (Å²) >= 11 is 0. The van der Waals surface area contributed by atoms with E-state index in [1.165, 1.54) is 12.1 Å². The smallest absolute Gasteiger partial charge is 0.251 e. The summed E-state index contributed by atoms with van der Waals surface area (Å²) in [6.07, 6.45) is 1.71. The Labute approximate surface area is 219 Å². The first-order valence-corrected chi connectivity index (χ1v) is 12.4. The highest BCUT2D eigenvalue weighted by Gasteiger charge is 2.45. The number of hydrogen-bond acceptors (Lipinski definition) is 6. The van der Waals surface area contributed by atoms with Crippen LogP contribution in [0.15, 0.2) is 65.1 Å². The number of nitrogens with two attached hydrogens (primary N) is 1. The van der Waals surface area contributed by atoms with E-state index in [1.807, 2.05) is 24.3 Å². The number of halogens is 1. The maximum absolute atomic E-state index is 13.5. The fourth-order valence-corrected chi connectivity index (χ4v) is 5.35. The number of rotatable bonds is 6. The zero-order valence-corrected chi connectivity index (χ0v) is 21.2. The van der Waals surface area contributed by atoms with Gasteiger partial charge in [-0.25, -0.2) is 4.39 Å². The third-order valence-corrected chi connectivity index (χ3v) is 7.17. The Hall–Kier alpha value is -4.37. The van der Waals surface area contributed by atoms with Crippen LogP contribution >= 0.6 is 0 Å². The molecule has 1 aliphatic carbocycles. The molecule has 1 heterocycles. The quantitative estimate of drug-likeness (QED) is 0.363. The van der Waals surface area contributed by atoms with Crippen LogP contribution in [0.1, 0.15) is 55.3 Å². The highest BCUT2D eigenvalue weighted by atomic mass is 19.1. The summed E-state index contributed by atoms with van der Waals surface area (Å²) < 4.78 is 19.8. The largest absolute Gasteiger partial charge is 0.419 e. The molecular formula is C29H28FN5O3. The van der Waals surface area contributed by atoms with Crippen LogP contribution in [0.3, 0.4) is 0 Å². The second-order valence-electron chi connectivity index (χ2n) is 9.27. The van der Waals surface area contributed by atoms with Crippen LogP contribution < -0.4 is 16.4 Å². The van der Waals surface area contributed by atoms with Crippen LogP contribution in [-0.2, 0) is 18.3 Å². The number of carbonyl (C=O) groups is 2. The number of hydrogen-bond donors (Lipinski definition) is 3. The van der Waals surface area contributed by atoms with Gasteiger partial charge in [0, 0.05) is 30.8 Å². The third kappa shape index (κ3) is 4.24. The van der Waals surface area contributed by atoms with Gasteiger partial charge in [-0.15, -0.1) is 10.2 Å². The average Bonchev–Trinajstić information content (AvgIpc) is 3.40. The van der Waals surface area contributed by atoms with Crippen molar-refractivity contribution < 1.29 is 18.4 Å². The molecule has 3 aromatic carbocycles. The minimum absolute atomic E-state index is 0.183. The number of aryl methyl sites for hydroxylation is 2. The number of nitrogens with zero attached hydrogens (tertiary/aromatic N) is 2. The van der Waals surface area contributed by atoms with E-state index >= 15 is 0 Å². The molecule has 0 saturated carbocycles. The molecule has 1 aromatic heterocycles. The van der Waals surface area contributed by atoms with Crippen LogP contribution in [0.2, 0.25) is 0 Å². The molecule has 5 rings (SSSR count). The van der Waals surface area contributed by atoms with Crippen molar-refractivity contribution in [2.45, 2.75) is 24.7 Å². The molecule has 0 bridgehead atoms. The molecule has 0 radical (unpaired) electrons. The van der Waals surface area contributed by atoms with E-state index in [0.717, 1.165) is 22.3 Å². The first-order valence-electron chi connectivity index (χ1n) is 12.4. The Morgan fingerprint density at radius 3 is 1.95 bits per heavy atom. The first-order chi connectivity index (χ1) is 18.4. The third-order valence-electron chi connectivity index (χ3n) is 7.17. The van der Waals surface area contributed by atoms with Crippen LogP contribution in [0.4, 0.5) is 4.39 Å². The van der Waals surface area contributed by atoms with E-state index in [9.17, 15) is 14.0 Å². The first kappa shape index (κ1) is 25.3. The molecule has 4 N–H and O–H groups in total. The average molecular weight is 514 g/mol. The minimum Gasteiger partial charge on any atom is -0.419 e. The lowest BCUT2D eigenvalue weighted by molar-refractivity contribution is 0.0955. The van der Waals surface area contributed by atoms with Crippen molar-refractivity contribution in [2.75, 3.05) is 20.6 Å². The molecule has 9 heteroatoms. The molecule has 0 fully saturated rings. The molecule has 8 nitrogen and oxygen atoms in total. The number of fused-ring (bicyclic) bond motifs is 2. The van der Waals surface area contributed by atoms with Gasteiger partial charge in [0.2, 0.25) is 11.8 Å². The van der Waals surface area contributed by atoms with Gasteiger partial charge in [-0.1, -0.05) is 12.1 Å². The molecule has 1 aliphatic rings. The minimum atomic E-state index is -0.927. The van der Waals surface area contributed by atoms with Gasteiger partial charge in [-0.2, -0.15) is 0 Å². The van der Waals surface area contributed by atoms with E-state index in [4.69, 9.17) is 10.2 Å². The highest BCUT2D eigenvalue weighted by Crippen LogP contribution is 2.47. The van der Waals surface area contributed by atoms with Crippen LogP contribution in [-0.4, -0.2) is 42.7 Å². The standard InChI is InChI=1S/C29H28FN5O3/c1-32-25(36)20-7-11-23-18(15-20)3-4-19-16-21(26(37)33-2)8-12-24(19)29(23,13-14-31)28-35-34-27(38-28)17-5-9-22(30)10-6-17/h5-12,15-16H,3-4,13-14,31H2,1-2H3,(H,32,36)(H,33,37). The second-order valence-corrected chi connectivity index (χ2v) is 9.27. The second kappa shape index (κ2) is 10.2. The van der Waals surface area contributed by atoms with Gasteiger partial charge in [-0.3, -0.25) is 9.59 Å². The molecule has 0 aliphatic heterocycles. The van der Waals surface area contributed by atoms with Crippen LogP contribution in [0.25, 0.3) is 11.5 Å². The summed E-state index contributed by atoms with van der Waals surface area (Å²) in [5, 5.41) is 14.2. The van der Waals surface area contributed by atoms with Crippen LogP contribution in [0, 0.1) is 5.82 Å². The normalized spacial score (nSPS) is 13.7. The number of nitrogens with one attached hydrogen (secondary N) is 2. The summed E-state index contributed by atoms with van der Waals surface area (Å²) in [5.41, 5.74) is 10.7. The topological polar surface area (TPSA) is 123 Å². The zero-order valence-electron chi connectivity index (χ0n) is 21.2. The molecule has 2 amide bonds. The summed E-state index contributed by atoms with van der Waals surface area (Å²) in [7, 11) is 3.19. The SMILES string of the molecule is CNC(=O)c1ccc2c(c1)CCc1cc(C(=O)NC)ccc1C2(CCN)c1nnc(-c2ccc(F)cc2)o1. The maximum Gasteiger partial charge on any atom is 0.251 e. The number of aromatic nitrogens is 2. The van der Waals surface area contributed by atoms with Gasteiger partial charge in [0.25, 0.3) is 11.8 Å². The predicted molar refractivity (Wildman–Crippen MR) is 140 cm³/mol. The lowest BCUT2D eigenvalue weighted by Crippen LogP contribution is -2.34. The van der Waals surface area contributed by atoms with Crippen molar-refractivity contribution in [2.24, 2.45) is 5.73 Å². The molecule has 0 atom stereocenters. The van der Waals surface area contributed by atoms with Crippen molar-refractivity contribution in [3.05, 3.63) is 106 Å². The molecule has 194 valence electrons. The molecule has 0 spiro atoms. The number of amides is 2. The fourth-order valence-electron chi connectivity index (χ4n) is 5.35. The van der Waals surface area contributed by atoms with Crippen LogP contribution in [0.5, 0.6) is 0 Å². The van der Waals surface area contributed by atoms with Crippen molar-refractivity contribution in [3.8, 4) is 11.5 Å². The Morgan fingerprint density at radius 2 is 1.45 bits per heavy atom. The summed E-state index contributed by atoms with van der Waals surface area (Å²) in [6.45, 7) is 0.307. The van der Waals surface area contributed by atoms with Crippen molar-refractivity contribution >= 4 is 11.8 Å². The van der Waals surface area contributed by atoms with E-state index in [1.54, 1.807) is 38.4 Å². The highest BCUT2D eigenvalue weighted by molar-refractivity contribution is 5.95. The van der Waals surface area contributed by atoms with Crippen molar-refractivity contribution in [3.63, 3.8) is 0 Å². The lowest BCUT2D eigenvalue weighted by Gasteiger charge is -2.33. The molecule has 0 saturated heterocycles. The van der Waals surface area contributed by atoms with Crippen molar-refractivity contribution in [1.29, 1.82) is 0 Å². The Morgan fingerprint density at radius 1 is 0.895 bits per heavy atom. The fraction of sp³-hybridized carbons (Fsp3) is 0.241. The molecule has 0 unspecified atom stereocenters. The van der Waals surface area contributed by atoms with Gasteiger partial charge in [-0.05, 0) is 96.6 Å². The molecule has 4 aromatic rings. The zero-order chi connectivity index (χ0) is 26.9. The molecular weight excluding hydrogens is 485 g/mol. The summed E-state index contributed by atoms with van der Waals surface area (Å²) in [4.78, 5) is 24.9. The van der Waals surface area contributed by atoms with Gasteiger partial charge >= 0.3 is 0 Å². The van der Waals surface area contributed by atoms with E-state index in [-0.39, 0.29) is 23.5 Å². The number of carbonyl (C=O) groups excluding carboxylic acids is 2. The van der Waals surface area contributed by atoms with Crippen molar-refractivity contribution in [1.82, 2.24) is 20.8 Å². The van der Waals surface area contributed by atoms with Gasteiger partial charge < -0.3 is 20.8 Å².